The van der Waals surface area contributed by atoms with E-state index in [1.807, 2.05) is 0 Å². The van der Waals surface area contributed by atoms with Crippen LogP contribution in [-0.2, 0) is 14.8 Å². The Morgan fingerprint density at radius 1 is 1.48 bits per heavy atom. The summed E-state index contributed by atoms with van der Waals surface area (Å²) in [5.41, 5.74) is 5.37. The first-order valence-electron chi connectivity index (χ1n) is 6.72. The van der Waals surface area contributed by atoms with Crippen LogP contribution in [0.1, 0.15) is 19.3 Å². The van der Waals surface area contributed by atoms with Gasteiger partial charge in [-0.25, -0.2) is 8.42 Å². The molecule has 1 aromatic rings. The highest BCUT2D eigenvalue weighted by Crippen LogP contribution is 2.31. The highest BCUT2D eigenvalue weighted by atomic mass is 79.9. The predicted octanol–water partition coefficient (Wildman–Crippen LogP) is 1.13. The number of nitrogens with one attached hydrogen (secondary N) is 1. The van der Waals surface area contributed by atoms with Gasteiger partial charge in [0.2, 0.25) is 5.91 Å². The summed E-state index contributed by atoms with van der Waals surface area (Å²) in [6, 6.07) is 2.62. The van der Waals surface area contributed by atoms with Gasteiger partial charge in [-0.2, -0.15) is 4.31 Å². The minimum Gasteiger partial charge on any atom is -0.353 e. The number of nitrogens with zero attached hydrogens (tertiary/aromatic N) is 1. The smallest absolute Gasteiger partial charge is 0.253 e. The molecule has 0 spiro atoms. The number of hydrogen-bond acceptors (Lipinski definition) is 5. The maximum Gasteiger partial charge on any atom is 0.253 e. The number of thiophene rings is 1. The number of nitrogens with two attached hydrogens (primary N) is 1. The number of carbonyl (C=O) groups excluding carboxylic acids is 1. The van der Waals surface area contributed by atoms with Crippen molar-refractivity contribution in [1.29, 1.82) is 0 Å². The van der Waals surface area contributed by atoms with Gasteiger partial charge in [-0.05, 0) is 40.9 Å². The van der Waals surface area contributed by atoms with Crippen molar-refractivity contribution in [2.45, 2.75) is 29.5 Å². The Hall–Kier alpha value is -0.480. The van der Waals surface area contributed by atoms with E-state index in [2.05, 4.69) is 21.2 Å². The average molecular weight is 396 g/mol. The Bertz CT molecular complexity index is 603. The maximum absolute atomic E-state index is 12.7. The van der Waals surface area contributed by atoms with Gasteiger partial charge in [-0.3, -0.25) is 4.79 Å². The molecule has 0 aliphatic carbocycles. The Balaban J connectivity index is 2.23. The first-order valence-corrected chi connectivity index (χ1v) is 9.76. The summed E-state index contributed by atoms with van der Waals surface area (Å²) < 4.78 is 27.7. The van der Waals surface area contributed by atoms with E-state index in [1.54, 1.807) is 12.1 Å². The van der Waals surface area contributed by atoms with Crippen LogP contribution in [0.5, 0.6) is 0 Å². The molecule has 2 rings (SSSR count). The van der Waals surface area contributed by atoms with Crippen LogP contribution in [0.3, 0.4) is 0 Å². The van der Waals surface area contributed by atoms with E-state index >= 15 is 0 Å². The Morgan fingerprint density at radius 3 is 2.86 bits per heavy atom. The molecule has 1 saturated heterocycles. The van der Waals surface area contributed by atoms with Crippen molar-refractivity contribution in [1.82, 2.24) is 9.62 Å². The van der Waals surface area contributed by atoms with Gasteiger partial charge in [-0.1, -0.05) is 6.42 Å². The Kier molecular flexibility index (Phi) is 5.78. The number of sulfonamides is 1. The zero-order valence-electron chi connectivity index (χ0n) is 11.4. The second-order valence-corrected chi connectivity index (χ2v) is 9.35. The molecule has 1 fully saturated rings. The Labute approximate surface area is 136 Å². The molecule has 6 nitrogen and oxygen atoms in total. The molecule has 1 unspecified atom stereocenters. The van der Waals surface area contributed by atoms with Gasteiger partial charge < -0.3 is 11.1 Å². The van der Waals surface area contributed by atoms with Crippen molar-refractivity contribution in [2.24, 2.45) is 5.73 Å². The highest BCUT2D eigenvalue weighted by molar-refractivity contribution is 9.11. The van der Waals surface area contributed by atoms with E-state index in [0.717, 1.165) is 28.0 Å². The summed E-state index contributed by atoms with van der Waals surface area (Å²) in [7, 11) is -3.63. The lowest BCUT2D eigenvalue weighted by Crippen LogP contribution is -2.52. The van der Waals surface area contributed by atoms with Crippen molar-refractivity contribution >= 4 is 43.2 Å². The summed E-state index contributed by atoms with van der Waals surface area (Å²) in [6.07, 6.45) is 2.16. The summed E-state index contributed by atoms with van der Waals surface area (Å²) >= 11 is 4.42. The average Bonchev–Trinajstić information content (AvgIpc) is 2.92. The second kappa shape index (κ2) is 7.19. The maximum atomic E-state index is 12.7. The number of amides is 1. The Morgan fingerprint density at radius 2 is 2.24 bits per heavy atom. The van der Waals surface area contributed by atoms with E-state index in [1.165, 1.54) is 4.31 Å². The number of hydrogen-bond donors (Lipinski definition) is 2. The lowest BCUT2D eigenvalue weighted by Gasteiger charge is -2.33. The van der Waals surface area contributed by atoms with Gasteiger partial charge in [0.1, 0.15) is 10.3 Å². The topological polar surface area (TPSA) is 92.5 Å². The van der Waals surface area contributed by atoms with Crippen LogP contribution in [0.2, 0.25) is 0 Å². The van der Waals surface area contributed by atoms with Gasteiger partial charge in [0.15, 0.2) is 0 Å². The largest absolute Gasteiger partial charge is 0.353 e. The molecule has 21 heavy (non-hydrogen) atoms. The highest BCUT2D eigenvalue weighted by Gasteiger charge is 2.38. The molecule has 0 bridgehead atoms. The van der Waals surface area contributed by atoms with Crippen molar-refractivity contribution in [2.75, 3.05) is 19.6 Å². The molecule has 1 amide bonds. The molecular formula is C12H18BrN3O3S2. The molecule has 1 aromatic heterocycles. The minimum atomic E-state index is -3.63. The van der Waals surface area contributed by atoms with Crippen molar-refractivity contribution in [3.8, 4) is 0 Å². The van der Waals surface area contributed by atoms with Crippen LogP contribution < -0.4 is 11.1 Å². The molecular weight excluding hydrogens is 378 g/mol. The van der Waals surface area contributed by atoms with Crippen molar-refractivity contribution < 1.29 is 13.2 Å². The lowest BCUT2D eigenvalue weighted by molar-refractivity contribution is -0.125. The summed E-state index contributed by atoms with van der Waals surface area (Å²) in [6.45, 7) is 1.06. The fourth-order valence-electron chi connectivity index (χ4n) is 2.32. The van der Waals surface area contributed by atoms with Gasteiger partial charge in [0.05, 0.1) is 3.79 Å². The first kappa shape index (κ1) is 16.9. The van der Waals surface area contributed by atoms with Crippen LogP contribution in [0.25, 0.3) is 0 Å². The summed E-state index contributed by atoms with van der Waals surface area (Å²) in [4.78, 5) is 12.2. The van der Waals surface area contributed by atoms with Crippen LogP contribution >= 0.6 is 27.3 Å². The van der Waals surface area contributed by atoms with E-state index < -0.39 is 16.1 Å². The standard InChI is InChI=1S/C12H18BrN3O3S2/c13-10-4-5-11(20-10)21(18,19)16-8-2-1-3-9(16)12(17)15-7-6-14/h4-5,9H,1-3,6-8,14H2,(H,15,17). The monoisotopic (exact) mass is 395 g/mol. The van der Waals surface area contributed by atoms with E-state index in [-0.39, 0.29) is 10.1 Å². The van der Waals surface area contributed by atoms with Crippen LogP contribution in [0.15, 0.2) is 20.1 Å². The van der Waals surface area contributed by atoms with Gasteiger partial charge >= 0.3 is 0 Å². The molecule has 1 aliphatic heterocycles. The van der Waals surface area contributed by atoms with Gasteiger partial charge in [0.25, 0.3) is 10.0 Å². The van der Waals surface area contributed by atoms with Crippen LogP contribution in [0, 0.1) is 0 Å². The third-order valence-electron chi connectivity index (χ3n) is 3.31. The molecule has 1 aliphatic rings. The van der Waals surface area contributed by atoms with E-state index in [0.29, 0.717) is 26.1 Å². The molecule has 1 atom stereocenters. The van der Waals surface area contributed by atoms with Crippen LogP contribution in [0.4, 0.5) is 0 Å². The lowest BCUT2D eigenvalue weighted by atomic mass is 10.0. The molecule has 0 saturated carbocycles. The fourth-order valence-corrected chi connectivity index (χ4v) is 6.12. The third kappa shape index (κ3) is 3.84. The van der Waals surface area contributed by atoms with Gasteiger partial charge in [-0.15, -0.1) is 11.3 Å². The zero-order chi connectivity index (χ0) is 15.5. The minimum absolute atomic E-state index is 0.257. The summed E-state index contributed by atoms with van der Waals surface area (Å²) in [5, 5.41) is 2.68. The predicted molar refractivity (Wildman–Crippen MR) is 85.6 cm³/mol. The zero-order valence-corrected chi connectivity index (χ0v) is 14.6. The molecule has 118 valence electrons. The molecule has 0 radical (unpaired) electrons. The van der Waals surface area contributed by atoms with Crippen molar-refractivity contribution in [3.05, 3.63) is 15.9 Å². The number of halogens is 1. The van der Waals surface area contributed by atoms with Gasteiger partial charge in [0, 0.05) is 19.6 Å². The fraction of sp³-hybridized carbons (Fsp3) is 0.583. The molecule has 0 aromatic carbocycles. The van der Waals surface area contributed by atoms with E-state index in [9.17, 15) is 13.2 Å². The normalized spacial score (nSPS) is 20.4. The molecule has 3 N–H and O–H groups in total. The molecule has 2 heterocycles. The summed E-state index contributed by atoms with van der Waals surface area (Å²) in [5.74, 6) is -0.264. The first-order chi connectivity index (χ1) is 9.96. The van der Waals surface area contributed by atoms with Crippen molar-refractivity contribution in [3.63, 3.8) is 0 Å². The SMILES string of the molecule is NCCNC(=O)C1CCCCN1S(=O)(=O)c1ccc(Br)s1. The number of rotatable bonds is 5. The second-order valence-electron chi connectivity index (χ2n) is 4.77. The quantitative estimate of drug-likeness (QED) is 0.781. The number of carbonyl (C=O) groups is 1. The number of piperidine rings is 1. The molecule has 9 heteroatoms. The van der Waals surface area contributed by atoms with E-state index in [4.69, 9.17) is 5.73 Å². The van der Waals surface area contributed by atoms with Crippen LogP contribution in [-0.4, -0.2) is 44.3 Å². The third-order valence-corrected chi connectivity index (χ3v) is 7.31.